The summed E-state index contributed by atoms with van der Waals surface area (Å²) in [4.78, 5) is 12.4. The molecular formula is C21H29FO2. The van der Waals surface area contributed by atoms with E-state index in [1.165, 1.54) is 12.8 Å². The van der Waals surface area contributed by atoms with Crippen molar-refractivity contribution in [1.29, 1.82) is 0 Å². The highest BCUT2D eigenvalue weighted by Gasteiger charge is 2.35. The van der Waals surface area contributed by atoms with Crippen LogP contribution >= 0.6 is 0 Å². The van der Waals surface area contributed by atoms with E-state index in [0.717, 1.165) is 43.6 Å². The predicted octanol–water partition coefficient (Wildman–Crippen LogP) is 5.47. The lowest BCUT2D eigenvalue weighted by molar-refractivity contribution is -0.000182. The smallest absolute Gasteiger partial charge is 0.341 e. The van der Waals surface area contributed by atoms with Gasteiger partial charge in [-0.15, -0.1) is 0 Å². The molecule has 1 aliphatic carbocycles. The van der Waals surface area contributed by atoms with E-state index in [1.54, 1.807) is 0 Å². The first-order chi connectivity index (χ1) is 11.6. The highest BCUT2D eigenvalue weighted by atomic mass is 19.1. The maximum Gasteiger partial charge on any atom is 0.341 e. The number of ether oxygens (including phenoxy) is 1. The van der Waals surface area contributed by atoms with E-state index in [2.05, 4.69) is 13.8 Å². The van der Waals surface area contributed by atoms with Crippen molar-refractivity contribution in [2.75, 3.05) is 0 Å². The first-order valence-electron chi connectivity index (χ1n) is 9.61. The number of benzene rings is 1. The summed E-state index contributed by atoms with van der Waals surface area (Å²) < 4.78 is 20.4. The van der Waals surface area contributed by atoms with Crippen LogP contribution in [0.4, 0.5) is 4.39 Å². The molecule has 1 atom stereocenters. The average molecular weight is 332 g/mol. The molecule has 0 saturated heterocycles. The third-order valence-corrected chi connectivity index (χ3v) is 5.83. The molecule has 1 unspecified atom stereocenters. The Morgan fingerprint density at radius 3 is 2.62 bits per heavy atom. The number of aryl methyl sites for hydroxylation is 1. The zero-order chi connectivity index (χ0) is 17.1. The van der Waals surface area contributed by atoms with Crippen molar-refractivity contribution in [3.05, 3.63) is 34.6 Å². The minimum absolute atomic E-state index is 0.0668. The van der Waals surface area contributed by atoms with Crippen molar-refractivity contribution >= 4 is 5.97 Å². The van der Waals surface area contributed by atoms with Gasteiger partial charge in [-0.05, 0) is 48.6 Å². The molecule has 1 aromatic carbocycles. The zero-order valence-corrected chi connectivity index (χ0v) is 14.9. The Morgan fingerprint density at radius 2 is 1.92 bits per heavy atom. The van der Waals surface area contributed by atoms with Crippen molar-refractivity contribution in [3.8, 4) is 0 Å². The van der Waals surface area contributed by atoms with Gasteiger partial charge >= 0.3 is 5.97 Å². The maximum atomic E-state index is 14.8. The third-order valence-electron chi connectivity index (χ3n) is 5.83. The monoisotopic (exact) mass is 332 g/mol. The molecule has 132 valence electrons. The number of cyclic esters (lactones) is 1. The molecule has 0 bridgehead atoms. The van der Waals surface area contributed by atoms with Gasteiger partial charge in [-0.2, -0.15) is 0 Å². The quantitative estimate of drug-likeness (QED) is 0.528. The number of fused-ring (bicyclic) bond motifs is 1. The van der Waals surface area contributed by atoms with Gasteiger partial charge in [-0.3, -0.25) is 0 Å². The van der Waals surface area contributed by atoms with Gasteiger partial charge in [0.25, 0.3) is 0 Å². The first kappa shape index (κ1) is 17.4. The van der Waals surface area contributed by atoms with Crippen molar-refractivity contribution in [2.24, 2.45) is 11.8 Å². The molecule has 3 heteroatoms. The Hall–Kier alpha value is -1.38. The van der Waals surface area contributed by atoms with E-state index in [4.69, 9.17) is 4.74 Å². The van der Waals surface area contributed by atoms with Gasteiger partial charge in [0.05, 0.1) is 5.56 Å². The Balaban J connectivity index is 1.74. The molecule has 1 saturated carbocycles. The summed E-state index contributed by atoms with van der Waals surface area (Å²) in [6.07, 6.45) is 9.10. The summed E-state index contributed by atoms with van der Waals surface area (Å²) in [6, 6.07) is 3.83. The van der Waals surface area contributed by atoms with Crippen molar-refractivity contribution in [2.45, 2.75) is 77.7 Å². The fourth-order valence-electron chi connectivity index (χ4n) is 4.18. The lowest BCUT2D eigenvalue weighted by Crippen LogP contribution is -2.36. The second-order valence-electron chi connectivity index (χ2n) is 7.70. The number of hydrogen-bond donors (Lipinski definition) is 0. The SMILES string of the molecule is CCCCCc1ccc2c(c1F)C(=O)OC(C1CCC(C)CC1)C2. The Bertz CT molecular complexity index is 588. The Labute approximate surface area is 144 Å². The summed E-state index contributed by atoms with van der Waals surface area (Å²) in [7, 11) is 0. The van der Waals surface area contributed by atoms with Gasteiger partial charge in [0, 0.05) is 6.42 Å². The van der Waals surface area contributed by atoms with Crippen LogP contribution in [0.3, 0.4) is 0 Å². The number of esters is 1. The predicted molar refractivity (Wildman–Crippen MR) is 93.7 cm³/mol. The number of hydrogen-bond acceptors (Lipinski definition) is 2. The standard InChI is InChI=1S/C21H29FO2/c1-3-4-5-6-16-11-12-17-13-18(15-9-7-14(2)8-10-15)24-21(23)19(17)20(16)22/h11-12,14-15,18H,3-10,13H2,1-2H3. The van der Waals surface area contributed by atoms with Crippen LogP contribution in [0.5, 0.6) is 0 Å². The molecule has 2 aliphatic rings. The van der Waals surface area contributed by atoms with Crippen molar-refractivity contribution in [1.82, 2.24) is 0 Å². The molecule has 0 N–H and O–H groups in total. The number of unbranched alkanes of at least 4 members (excludes halogenated alkanes) is 2. The fourth-order valence-corrected chi connectivity index (χ4v) is 4.18. The molecule has 2 nitrogen and oxygen atoms in total. The van der Waals surface area contributed by atoms with E-state index in [9.17, 15) is 9.18 Å². The Kier molecular flexibility index (Phi) is 5.57. The molecule has 1 heterocycles. The van der Waals surface area contributed by atoms with Crippen LogP contribution in [0, 0.1) is 17.7 Å². The van der Waals surface area contributed by atoms with Crippen LogP contribution in [-0.2, 0) is 17.6 Å². The van der Waals surface area contributed by atoms with Crippen molar-refractivity contribution < 1.29 is 13.9 Å². The molecular weight excluding hydrogens is 303 g/mol. The number of carbonyl (C=O) groups is 1. The molecule has 1 aliphatic heterocycles. The largest absolute Gasteiger partial charge is 0.458 e. The van der Waals surface area contributed by atoms with E-state index in [0.29, 0.717) is 24.3 Å². The lowest BCUT2D eigenvalue weighted by atomic mass is 9.77. The summed E-state index contributed by atoms with van der Waals surface area (Å²) >= 11 is 0. The normalized spacial score (nSPS) is 26.8. The molecule has 1 aromatic rings. The molecule has 3 rings (SSSR count). The molecule has 0 aromatic heterocycles. The number of rotatable bonds is 5. The van der Waals surface area contributed by atoms with Gasteiger partial charge in [-0.25, -0.2) is 9.18 Å². The van der Waals surface area contributed by atoms with Crippen LogP contribution < -0.4 is 0 Å². The second-order valence-corrected chi connectivity index (χ2v) is 7.70. The zero-order valence-electron chi connectivity index (χ0n) is 14.9. The summed E-state index contributed by atoms with van der Waals surface area (Å²) in [5.74, 6) is 0.417. The van der Waals surface area contributed by atoms with Gasteiger partial charge in [0.1, 0.15) is 11.9 Å². The van der Waals surface area contributed by atoms with Gasteiger partial charge in [0.15, 0.2) is 0 Å². The third kappa shape index (κ3) is 3.65. The highest BCUT2D eigenvalue weighted by molar-refractivity contribution is 5.92. The Morgan fingerprint density at radius 1 is 1.17 bits per heavy atom. The minimum atomic E-state index is -0.449. The second kappa shape index (κ2) is 7.67. The molecule has 0 amide bonds. The summed E-state index contributed by atoms with van der Waals surface area (Å²) in [5, 5.41) is 0. The van der Waals surface area contributed by atoms with E-state index >= 15 is 0 Å². The van der Waals surface area contributed by atoms with E-state index in [1.807, 2.05) is 12.1 Å². The van der Waals surface area contributed by atoms with Crippen LogP contribution in [0.25, 0.3) is 0 Å². The number of halogens is 1. The average Bonchev–Trinajstić information content (AvgIpc) is 2.57. The maximum absolute atomic E-state index is 14.8. The van der Waals surface area contributed by atoms with E-state index in [-0.39, 0.29) is 17.5 Å². The summed E-state index contributed by atoms with van der Waals surface area (Å²) in [5.41, 5.74) is 1.69. The van der Waals surface area contributed by atoms with Gasteiger partial charge < -0.3 is 4.74 Å². The topological polar surface area (TPSA) is 26.3 Å². The molecule has 1 fully saturated rings. The number of carbonyl (C=O) groups excluding carboxylic acids is 1. The molecule has 0 spiro atoms. The van der Waals surface area contributed by atoms with Crippen LogP contribution in [-0.4, -0.2) is 12.1 Å². The van der Waals surface area contributed by atoms with Crippen LogP contribution in [0.15, 0.2) is 12.1 Å². The molecule has 0 radical (unpaired) electrons. The van der Waals surface area contributed by atoms with Crippen molar-refractivity contribution in [3.63, 3.8) is 0 Å². The van der Waals surface area contributed by atoms with Gasteiger partial charge in [0.2, 0.25) is 0 Å². The van der Waals surface area contributed by atoms with Crippen LogP contribution in [0.2, 0.25) is 0 Å². The first-order valence-corrected chi connectivity index (χ1v) is 9.61. The van der Waals surface area contributed by atoms with E-state index < -0.39 is 5.97 Å². The minimum Gasteiger partial charge on any atom is -0.458 e. The highest BCUT2D eigenvalue weighted by Crippen LogP contribution is 2.36. The summed E-state index contributed by atoms with van der Waals surface area (Å²) in [6.45, 7) is 4.42. The fraction of sp³-hybridized carbons (Fsp3) is 0.667. The lowest BCUT2D eigenvalue weighted by Gasteiger charge is -2.35. The molecule has 24 heavy (non-hydrogen) atoms. The van der Waals surface area contributed by atoms with Crippen LogP contribution in [0.1, 0.15) is 80.3 Å². The van der Waals surface area contributed by atoms with Gasteiger partial charge in [-0.1, -0.05) is 51.7 Å².